The van der Waals surface area contributed by atoms with Crippen LogP contribution in [0.3, 0.4) is 0 Å². The van der Waals surface area contributed by atoms with Gasteiger partial charge in [-0.05, 0) is 40.0 Å². The maximum Gasteiger partial charge on any atom is 0.122 e. The van der Waals surface area contributed by atoms with Crippen molar-refractivity contribution < 1.29 is 5.11 Å². The smallest absolute Gasteiger partial charge is 0.122 e. The first-order valence-electron chi connectivity index (χ1n) is 7.03. The summed E-state index contributed by atoms with van der Waals surface area (Å²) in [7, 11) is 0. The lowest BCUT2D eigenvalue weighted by molar-refractivity contribution is 0.474. The van der Waals surface area contributed by atoms with E-state index in [0.29, 0.717) is 5.75 Å². The van der Waals surface area contributed by atoms with Crippen LogP contribution in [-0.2, 0) is 0 Å². The zero-order valence-corrected chi connectivity index (χ0v) is 11.5. The third-order valence-electron chi connectivity index (χ3n) is 3.96. The SMILES string of the molecule is Oc1ccccc1C=C1c2ccccc2-c2ccccc21. The highest BCUT2D eigenvalue weighted by Crippen LogP contribution is 2.45. The van der Waals surface area contributed by atoms with Gasteiger partial charge < -0.3 is 5.11 Å². The van der Waals surface area contributed by atoms with Crippen LogP contribution < -0.4 is 0 Å². The molecule has 1 heteroatoms. The summed E-state index contributed by atoms with van der Waals surface area (Å²) < 4.78 is 0. The standard InChI is InChI=1S/C20H14O/c21-20-12-6-1-7-14(20)13-19-17-10-4-2-8-15(17)16-9-3-5-11-18(16)19/h1-13,21H. The van der Waals surface area contributed by atoms with Gasteiger partial charge in [-0.25, -0.2) is 0 Å². The quantitative estimate of drug-likeness (QED) is 0.518. The topological polar surface area (TPSA) is 20.2 Å². The largest absolute Gasteiger partial charge is 0.507 e. The van der Waals surface area contributed by atoms with Gasteiger partial charge in [0.1, 0.15) is 5.75 Å². The summed E-state index contributed by atoms with van der Waals surface area (Å²) in [6, 6.07) is 24.3. The van der Waals surface area contributed by atoms with Gasteiger partial charge in [0.25, 0.3) is 0 Å². The molecule has 21 heavy (non-hydrogen) atoms. The molecule has 0 aliphatic heterocycles. The molecule has 100 valence electrons. The van der Waals surface area contributed by atoms with Crippen LogP contribution in [-0.4, -0.2) is 5.11 Å². The Morgan fingerprint density at radius 2 is 1.05 bits per heavy atom. The molecule has 0 aromatic heterocycles. The van der Waals surface area contributed by atoms with Crippen LogP contribution in [0.4, 0.5) is 0 Å². The van der Waals surface area contributed by atoms with E-state index in [2.05, 4.69) is 54.6 Å². The minimum absolute atomic E-state index is 0.312. The molecule has 0 atom stereocenters. The van der Waals surface area contributed by atoms with E-state index in [1.807, 2.05) is 18.2 Å². The molecule has 0 radical (unpaired) electrons. The molecule has 0 heterocycles. The van der Waals surface area contributed by atoms with Crippen molar-refractivity contribution in [3.63, 3.8) is 0 Å². The third-order valence-corrected chi connectivity index (χ3v) is 3.96. The van der Waals surface area contributed by atoms with Gasteiger partial charge in [0.15, 0.2) is 0 Å². The molecule has 3 aromatic carbocycles. The van der Waals surface area contributed by atoms with Gasteiger partial charge in [0.2, 0.25) is 0 Å². The Morgan fingerprint density at radius 3 is 1.62 bits per heavy atom. The van der Waals surface area contributed by atoms with Crippen LogP contribution in [0.25, 0.3) is 22.8 Å². The summed E-state index contributed by atoms with van der Waals surface area (Å²) in [5, 5.41) is 10.0. The van der Waals surface area contributed by atoms with E-state index >= 15 is 0 Å². The number of phenolic OH excluding ortho intramolecular Hbond substituents is 1. The van der Waals surface area contributed by atoms with E-state index < -0.39 is 0 Å². The molecule has 1 N–H and O–H groups in total. The van der Waals surface area contributed by atoms with Crippen LogP contribution in [0.15, 0.2) is 72.8 Å². The Kier molecular flexibility index (Phi) is 2.65. The van der Waals surface area contributed by atoms with E-state index in [0.717, 1.165) is 5.56 Å². The van der Waals surface area contributed by atoms with E-state index in [1.165, 1.54) is 27.8 Å². The van der Waals surface area contributed by atoms with Crippen LogP contribution in [0.1, 0.15) is 16.7 Å². The van der Waals surface area contributed by atoms with Crippen molar-refractivity contribution in [3.8, 4) is 16.9 Å². The average molecular weight is 270 g/mol. The second kappa shape index (κ2) is 4.64. The van der Waals surface area contributed by atoms with E-state index in [9.17, 15) is 5.11 Å². The van der Waals surface area contributed by atoms with Crippen LogP contribution in [0.5, 0.6) is 5.75 Å². The minimum atomic E-state index is 0.312. The summed E-state index contributed by atoms with van der Waals surface area (Å²) in [4.78, 5) is 0. The minimum Gasteiger partial charge on any atom is -0.507 e. The maximum atomic E-state index is 10.0. The summed E-state index contributed by atoms with van der Waals surface area (Å²) in [5.74, 6) is 0.312. The van der Waals surface area contributed by atoms with Crippen molar-refractivity contribution in [2.24, 2.45) is 0 Å². The Morgan fingerprint density at radius 1 is 0.571 bits per heavy atom. The fourth-order valence-corrected chi connectivity index (χ4v) is 2.97. The molecule has 0 bridgehead atoms. The predicted octanol–water partition coefficient (Wildman–Crippen LogP) is 4.96. The maximum absolute atomic E-state index is 10.0. The molecule has 4 rings (SSSR count). The molecule has 1 aliphatic rings. The van der Waals surface area contributed by atoms with Gasteiger partial charge in [0, 0.05) is 5.56 Å². The molecule has 0 spiro atoms. The summed E-state index contributed by atoms with van der Waals surface area (Å²) in [6.45, 7) is 0. The number of phenols is 1. The number of hydrogen-bond donors (Lipinski definition) is 1. The van der Waals surface area contributed by atoms with Crippen molar-refractivity contribution in [3.05, 3.63) is 89.5 Å². The highest BCUT2D eigenvalue weighted by molar-refractivity contribution is 6.06. The van der Waals surface area contributed by atoms with Gasteiger partial charge >= 0.3 is 0 Å². The fourth-order valence-electron chi connectivity index (χ4n) is 2.97. The van der Waals surface area contributed by atoms with Crippen molar-refractivity contribution in [1.29, 1.82) is 0 Å². The molecular weight excluding hydrogens is 256 g/mol. The Balaban J connectivity index is 1.99. The van der Waals surface area contributed by atoms with Crippen LogP contribution >= 0.6 is 0 Å². The first kappa shape index (κ1) is 12.0. The lowest BCUT2D eigenvalue weighted by Gasteiger charge is -2.04. The molecule has 3 aromatic rings. The molecule has 0 saturated heterocycles. The Labute approximate surface area is 123 Å². The highest BCUT2D eigenvalue weighted by Gasteiger charge is 2.22. The van der Waals surface area contributed by atoms with Crippen molar-refractivity contribution in [2.75, 3.05) is 0 Å². The summed E-state index contributed by atoms with van der Waals surface area (Å²) in [5.41, 5.74) is 6.98. The van der Waals surface area contributed by atoms with Gasteiger partial charge in [-0.1, -0.05) is 66.7 Å². The summed E-state index contributed by atoms with van der Waals surface area (Å²) >= 11 is 0. The Hall–Kier alpha value is -2.80. The average Bonchev–Trinajstić information content (AvgIpc) is 2.85. The van der Waals surface area contributed by atoms with E-state index in [-0.39, 0.29) is 0 Å². The van der Waals surface area contributed by atoms with E-state index in [4.69, 9.17) is 0 Å². The predicted molar refractivity (Wildman–Crippen MR) is 87.0 cm³/mol. The molecule has 1 aliphatic carbocycles. The number of fused-ring (bicyclic) bond motifs is 3. The zero-order chi connectivity index (χ0) is 14.2. The van der Waals surface area contributed by atoms with Gasteiger partial charge in [0.05, 0.1) is 0 Å². The normalized spacial score (nSPS) is 11.9. The zero-order valence-electron chi connectivity index (χ0n) is 11.5. The van der Waals surface area contributed by atoms with Crippen molar-refractivity contribution in [1.82, 2.24) is 0 Å². The molecule has 0 amide bonds. The third kappa shape index (κ3) is 1.86. The monoisotopic (exact) mass is 270 g/mol. The number of rotatable bonds is 1. The number of aromatic hydroxyl groups is 1. The number of hydrogen-bond acceptors (Lipinski definition) is 1. The number of para-hydroxylation sites is 1. The number of benzene rings is 3. The first-order valence-corrected chi connectivity index (χ1v) is 7.03. The Bertz CT molecular complexity index is 811. The first-order chi connectivity index (χ1) is 10.3. The molecule has 0 fully saturated rings. The molecule has 0 saturated carbocycles. The van der Waals surface area contributed by atoms with E-state index in [1.54, 1.807) is 6.07 Å². The second-order valence-corrected chi connectivity index (χ2v) is 5.21. The molecule has 1 nitrogen and oxygen atoms in total. The van der Waals surface area contributed by atoms with Crippen LogP contribution in [0, 0.1) is 0 Å². The lowest BCUT2D eigenvalue weighted by atomic mass is 10.0. The van der Waals surface area contributed by atoms with Crippen molar-refractivity contribution >= 4 is 11.6 Å². The fraction of sp³-hybridized carbons (Fsp3) is 0. The second-order valence-electron chi connectivity index (χ2n) is 5.21. The molecular formula is C20H14O. The molecule has 0 unspecified atom stereocenters. The van der Waals surface area contributed by atoms with Gasteiger partial charge in [-0.2, -0.15) is 0 Å². The van der Waals surface area contributed by atoms with Gasteiger partial charge in [-0.15, -0.1) is 0 Å². The van der Waals surface area contributed by atoms with Gasteiger partial charge in [-0.3, -0.25) is 0 Å². The lowest BCUT2D eigenvalue weighted by Crippen LogP contribution is -1.82. The summed E-state index contributed by atoms with van der Waals surface area (Å²) in [6.07, 6.45) is 2.07. The van der Waals surface area contributed by atoms with Crippen molar-refractivity contribution in [2.45, 2.75) is 0 Å². The highest BCUT2D eigenvalue weighted by atomic mass is 16.3. The van der Waals surface area contributed by atoms with Crippen LogP contribution in [0.2, 0.25) is 0 Å².